The second-order valence-corrected chi connectivity index (χ2v) is 8.99. The van der Waals surface area contributed by atoms with E-state index in [2.05, 4.69) is 33.1 Å². The second kappa shape index (κ2) is 9.98. The van der Waals surface area contributed by atoms with Crippen LogP contribution in [0.15, 0.2) is 48.7 Å². The number of amides is 1. The van der Waals surface area contributed by atoms with Crippen LogP contribution in [0.4, 0.5) is 5.82 Å². The zero-order chi connectivity index (χ0) is 21.7. The van der Waals surface area contributed by atoms with Crippen molar-refractivity contribution >= 4 is 23.3 Å². The molecule has 6 nitrogen and oxygen atoms in total. The fraction of sp³-hybridized carbons (Fsp3) is 0.500. The van der Waals surface area contributed by atoms with Gasteiger partial charge in [0.25, 0.3) is 0 Å². The molecule has 4 rings (SSSR count). The molecule has 0 aliphatic carbocycles. The van der Waals surface area contributed by atoms with Crippen LogP contribution in [-0.2, 0) is 14.9 Å². The summed E-state index contributed by atoms with van der Waals surface area (Å²) in [6, 6.07) is 13.8. The highest BCUT2D eigenvalue weighted by molar-refractivity contribution is 6.30. The van der Waals surface area contributed by atoms with E-state index in [1.807, 2.05) is 42.6 Å². The molecular weight excluding hydrogens is 412 g/mol. The van der Waals surface area contributed by atoms with Crippen LogP contribution >= 0.6 is 11.6 Å². The normalized spacial score (nSPS) is 20.3. The summed E-state index contributed by atoms with van der Waals surface area (Å²) in [7, 11) is 0. The number of pyridine rings is 1. The molecule has 0 saturated carbocycles. The average molecular weight is 443 g/mol. The third kappa shape index (κ3) is 5.20. The number of carbonyl (C=O) groups excluding carboxylic acids is 1. The van der Waals surface area contributed by atoms with Crippen molar-refractivity contribution in [3.63, 3.8) is 0 Å². The lowest BCUT2D eigenvalue weighted by Crippen LogP contribution is -2.54. The van der Waals surface area contributed by atoms with E-state index in [9.17, 15) is 4.79 Å². The van der Waals surface area contributed by atoms with Crippen LogP contribution in [0.3, 0.4) is 0 Å². The second-order valence-electron chi connectivity index (χ2n) is 8.55. The monoisotopic (exact) mass is 442 g/mol. The zero-order valence-electron chi connectivity index (χ0n) is 18.1. The molecule has 2 aliphatic heterocycles. The zero-order valence-corrected chi connectivity index (χ0v) is 18.9. The summed E-state index contributed by atoms with van der Waals surface area (Å²) in [4.78, 5) is 22.7. The van der Waals surface area contributed by atoms with E-state index in [0.717, 1.165) is 44.1 Å². The number of anilines is 1. The van der Waals surface area contributed by atoms with Crippen molar-refractivity contribution in [1.29, 1.82) is 0 Å². The first-order valence-corrected chi connectivity index (χ1v) is 11.5. The standard InChI is InChI=1S/C24H31ClN4O2/c1-19(18-28-11-13-29(14-12-28)22-7-2-3-10-26-22)27-23(30)24(8-15-31-16-9-24)20-5-4-6-21(25)17-20/h2-7,10,17,19H,8-9,11-16,18H2,1H3,(H,27,30). The van der Waals surface area contributed by atoms with Crippen LogP contribution in [0.25, 0.3) is 0 Å². The van der Waals surface area contributed by atoms with Crippen LogP contribution in [0.1, 0.15) is 25.3 Å². The summed E-state index contributed by atoms with van der Waals surface area (Å²) in [6.45, 7) is 7.92. The molecule has 1 unspecified atom stereocenters. The molecule has 2 aliphatic rings. The van der Waals surface area contributed by atoms with E-state index < -0.39 is 5.41 Å². The molecule has 3 heterocycles. The first-order valence-electron chi connectivity index (χ1n) is 11.1. The third-order valence-electron chi connectivity index (χ3n) is 6.41. The van der Waals surface area contributed by atoms with E-state index in [0.29, 0.717) is 31.1 Å². The first-order chi connectivity index (χ1) is 15.1. The summed E-state index contributed by atoms with van der Waals surface area (Å²) in [5, 5.41) is 3.96. The number of benzene rings is 1. The third-order valence-corrected chi connectivity index (χ3v) is 6.65. The van der Waals surface area contributed by atoms with Crippen LogP contribution in [0, 0.1) is 0 Å². The smallest absolute Gasteiger partial charge is 0.231 e. The molecule has 1 atom stereocenters. The fourth-order valence-electron chi connectivity index (χ4n) is 4.65. The van der Waals surface area contributed by atoms with Crippen molar-refractivity contribution in [3.8, 4) is 0 Å². The van der Waals surface area contributed by atoms with Gasteiger partial charge in [0.15, 0.2) is 0 Å². The predicted octanol–water partition coefficient (Wildman–Crippen LogP) is 3.11. The summed E-state index contributed by atoms with van der Waals surface area (Å²) in [5.74, 6) is 1.11. The van der Waals surface area contributed by atoms with Gasteiger partial charge in [-0.3, -0.25) is 9.69 Å². The van der Waals surface area contributed by atoms with Gasteiger partial charge in [-0.25, -0.2) is 4.98 Å². The summed E-state index contributed by atoms with van der Waals surface area (Å²) in [6.07, 6.45) is 3.19. The highest BCUT2D eigenvalue weighted by atomic mass is 35.5. The number of piperazine rings is 1. The lowest BCUT2D eigenvalue weighted by Gasteiger charge is -2.39. The number of hydrogen-bond acceptors (Lipinski definition) is 5. The van der Waals surface area contributed by atoms with Crippen molar-refractivity contribution in [2.45, 2.75) is 31.2 Å². The van der Waals surface area contributed by atoms with Gasteiger partial charge in [0.05, 0.1) is 5.41 Å². The Bertz CT molecular complexity index is 865. The number of nitrogens with one attached hydrogen (secondary N) is 1. The summed E-state index contributed by atoms with van der Waals surface area (Å²) in [5.41, 5.74) is 0.409. The maximum atomic E-state index is 13.5. The lowest BCUT2D eigenvalue weighted by molar-refractivity contribution is -0.131. The molecule has 31 heavy (non-hydrogen) atoms. The van der Waals surface area contributed by atoms with Gasteiger partial charge in [-0.2, -0.15) is 0 Å². The van der Waals surface area contributed by atoms with Crippen molar-refractivity contribution < 1.29 is 9.53 Å². The van der Waals surface area contributed by atoms with Crippen LogP contribution in [0.2, 0.25) is 5.02 Å². The van der Waals surface area contributed by atoms with E-state index in [4.69, 9.17) is 16.3 Å². The molecule has 2 fully saturated rings. The summed E-state index contributed by atoms with van der Waals surface area (Å²) < 4.78 is 5.57. The van der Waals surface area contributed by atoms with Crippen molar-refractivity contribution in [1.82, 2.24) is 15.2 Å². The molecule has 166 valence electrons. The first kappa shape index (κ1) is 22.1. The Morgan fingerprint density at radius 1 is 1.16 bits per heavy atom. The van der Waals surface area contributed by atoms with Gasteiger partial charge in [0.2, 0.25) is 5.91 Å². The number of ether oxygens (including phenoxy) is 1. The van der Waals surface area contributed by atoms with Gasteiger partial charge < -0.3 is 15.0 Å². The van der Waals surface area contributed by atoms with Crippen LogP contribution < -0.4 is 10.2 Å². The predicted molar refractivity (Wildman–Crippen MR) is 124 cm³/mol. The van der Waals surface area contributed by atoms with Gasteiger partial charge in [0, 0.05) is 63.2 Å². The molecule has 1 aromatic carbocycles. The van der Waals surface area contributed by atoms with Gasteiger partial charge in [-0.15, -0.1) is 0 Å². The number of rotatable bonds is 6. The van der Waals surface area contributed by atoms with E-state index in [-0.39, 0.29) is 11.9 Å². The number of nitrogens with zero attached hydrogens (tertiary/aromatic N) is 3. The minimum atomic E-state index is -0.574. The number of halogens is 1. The molecule has 1 amide bonds. The Morgan fingerprint density at radius 2 is 1.94 bits per heavy atom. The molecule has 1 aromatic heterocycles. The molecule has 0 bridgehead atoms. The Labute approximate surface area is 189 Å². The molecule has 1 N–H and O–H groups in total. The fourth-order valence-corrected chi connectivity index (χ4v) is 4.84. The molecule has 2 saturated heterocycles. The SMILES string of the molecule is CC(CN1CCN(c2ccccn2)CC1)NC(=O)C1(c2cccc(Cl)c2)CCOCC1. The Hall–Kier alpha value is -2.15. The molecular formula is C24H31ClN4O2. The van der Waals surface area contributed by atoms with Crippen molar-refractivity contribution in [2.24, 2.45) is 0 Å². The largest absolute Gasteiger partial charge is 0.381 e. The Morgan fingerprint density at radius 3 is 2.61 bits per heavy atom. The maximum Gasteiger partial charge on any atom is 0.231 e. The summed E-state index contributed by atoms with van der Waals surface area (Å²) >= 11 is 6.24. The number of carbonyl (C=O) groups is 1. The van der Waals surface area contributed by atoms with Crippen molar-refractivity contribution in [2.75, 3.05) is 50.8 Å². The average Bonchev–Trinajstić information content (AvgIpc) is 2.80. The Kier molecular flexibility index (Phi) is 7.10. The van der Waals surface area contributed by atoms with Gasteiger partial charge in [0.1, 0.15) is 5.82 Å². The Balaban J connectivity index is 1.35. The molecule has 2 aromatic rings. The minimum absolute atomic E-state index is 0.0628. The lowest BCUT2D eigenvalue weighted by atomic mass is 9.73. The quantitative estimate of drug-likeness (QED) is 0.744. The van der Waals surface area contributed by atoms with E-state index in [1.54, 1.807) is 0 Å². The highest BCUT2D eigenvalue weighted by Gasteiger charge is 2.42. The molecule has 7 heteroatoms. The molecule has 0 spiro atoms. The maximum absolute atomic E-state index is 13.5. The minimum Gasteiger partial charge on any atom is -0.381 e. The van der Waals surface area contributed by atoms with Gasteiger partial charge >= 0.3 is 0 Å². The topological polar surface area (TPSA) is 57.7 Å². The van der Waals surface area contributed by atoms with Crippen molar-refractivity contribution in [3.05, 3.63) is 59.2 Å². The van der Waals surface area contributed by atoms with Gasteiger partial charge in [-0.05, 0) is 49.6 Å². The van der Waals surface area contributed by atoms with E-state index >= 15 is 0 Å². The van der Waals surface area contributed by atoms with Crippen LogP contribution in [0.5, 0.6) is 0 Å². The number of hydrogen-bond donors (Lipinski definition) is 1. The molecule has 0 radical (unpaired) electrons. The highest BCUT2D eigenvalue weighted by Crippen LogP contribution is 2.36. The van der Waals surface area contributed by atoms with Gasteiger partial charge in [-0.1, -0.05) is 29.8 Å². The number of aromatic nitrogens is 1. The van der Waals surface area contributed by atoms with E-state index in [1.165, 1.54) is 0 Å². The van der Waals surface area contributed by atoms with Crippen LogP contribution in [-0.4, -0.2) is 67.8 Å².